The van der Waals surface area contributed by atoms with Crippen molar-refractivity contribution in [3.05, 3.63) is 84.8 Å². The minimum atomic E-state index is -0.278. The van der Waals surface area contributed by atoms with Gasteiger partial charge >= 0.3 is 6.03 Å². The number of amides is 2. The summed E-state index contributed by atoms with van der Waals surface area (Å²) in [6, 6.07) is 13.0. The molecular formula is C19H18N8O. The molecule has 9 nitrogen and oxygen atoms in total. The number of aromatic nitrogens is 6. The first kappa shape index (κ1) is 17.4. The molecule has 0 atom stereocenters. The van der Waals surface area contributed by atoms with Crippen LogP contribution in [0.15, 0.2) is 73.7 Å². The van der Waals surface area contributed by atoms with Gasteiger partial charge < -0.3 is 10.6 Å². The van der Waals surface area contributed by atoms with Gasteiger partial charge in [0.25, 0.3) is 0 Å². The molecule has 0 aliphatic carbocycles. The van der Waals surface area contributed by atoms with Gasteiger partial charge in [0.2, 0.25) is 0 Å². The van der Waals surface area contributed by atoms with Crippen molar-refractivity contribution in [1.82, 2.24) is 34.8 Å². The zero-order valence-electron chi connectivity index (χ0n) is 14.9. The molecule has 0 unspecified atom stereocenters. The Morgan fingerprint density at radius 2 is 1.89 bits per heavy atom. The molecule has 0 radical (unpaired) electrons. The Morgan fingerprint density at radius 1 is 1.04 bits per heavy atom. The molecule has 4 aromatic rings. The highest BCUT2D eigenvalue weighted by molar-refractivity contribution is 5.89. The van der Waals surface area contributed by atoms with Crippen LogP contribution in [-0.4, -0.2) is 35.6 Å². The van der Waals surface area contributed by atoms with E-state index in [2.05, 4.69) is 30.8 Å². The molecule has 140 valence electrons. The van der Waals surface area contributed by atoms with E-state index in [4.69, 9.17) is 0 Å². The maximum Gasteiger partial charge on any atom is 0.319 e. The maximum absolute atomic E-state index is 12.1. The van der Waals surface area contributed by atoms with Crippen molar-refractivity contribution in [3.8, 4) is 5.82 Å². The molecule has 0 saturated heterocycles. The van der Waals surface area contributed by atoms with Crippen molar-refractivity contribution >= 4 is 11.7 Å². The van der Waals surface area contributed by atoms with Gasteiger partial charge in [0.05, 0.1) is 6.54 Å². The van der Waals surface area contributed by atoms with E-state index in [1.165, 1.54) is 6.33 Å². The Kier molecular flexibility index (Phi) is 5.05. The fourth-order valence-corrected chi connectivity index (χ4v) is 2.62. The van der Waals surface area contributed by atoms with E-state index in [0.29, 0.717) is 18.9 Å². The summed E-state index contributed by atoms with van der Waals surface area (Å²) in [5, 5.41) is 13.8. The second-order valence-electron chi connectivity index (χ2n) is 6.07. The van der Waals surface area contributed by atoms with E-state index in [-0.39, 0.29) is 6.03 Å². The number of benzene rings is 1. The Bertz CT molecular complexity index is 1010. The lowest BCUT2D eigenvalue weighted by molar-refractivity contribution is 0.251. The molecule has 0 fully saturated rings. The van der Waals surface area contributed by atoms with Crippen LogP contribution in [0.3, 0.4) is 0 Å². The zero-order valence-corrected chi connectivity index (χ0v) is 14.9. The zero-order chi connectivity index (χ0) is 19.2. The fraction of sp³-hybridized carbons (Fsp3) is 0.105. The fourth-order valence-electron chi connectivity index (χ4n) is 2.62. The molecule has 2 N–H and O–H groups in total. The summed E-state index contributed by atoms with van der Waals surface area (Å²) in [5.41, 5.74) is 2.71. The number of pyridine rings is 1. The van der Waals surface area contributed by atoms with E-state index >= 15 is 0 Å². The van der Waals surface area contributed by atoms with Crippen LogP contribution in [0, 0.1) is 0 Å². The summed E-state index contributed by atoms with van der Waals surface area (Å²) in [6.45, 7) is 1.06. The van der Waals surface area contributed by atoms with Crippen LogP contribution in [0.5, 0.6) is 0 Å². The molecule has 4 rings (SSSR count). The standard InChI is InChI=1S/C19H18N8O/c28-19(22-11-16-4-7-18(21-10-16)27-14-20-13-24-27)25-17-5-2-15(3-6-17)12-26-9-1-8-23-26/h1-10,13-14H,11-12H2,(H2,22,25,28). The second kappa shape index (κ2) is 8.12. The van der Waals surface area contributed by atoms with E-state index in [0.717, 1.165) is 16.8 Å². The number of urea groups is 1. The van der Waals surface area contributed by atoms with E-state index in [1.54, 1.807) is 23.4 Å². The van der Waals surface area contributed by atoms with Crippen molar-refractivity contribution < 1.29 is 4.79 Å². The van der Waals surface area contributed by atoms with Gasteiger partial charge in [-0.05, 0) is 35.4 Å². The van der Waals surface area contributed by atoms with E-state index in [1.807, 2.05) is 53.3 Å². The quantitative estimate of drug-likeness (QED) is 0.539. The molecule has 1 aromatic carbocycles. The van der Waals surface area contributed by atoms with Crippen LogP contribution >= 0.6 is 0 Å². The molecule has 0 aliphatic heterocycles. The number of rotatable bonds is 6. The second-order valence-corrected chi connectivity index (χ2v) is 6.07. The smallest absolute Gasteiger partial charge is 0.319 e. The molecule has 28 heavy (non-hydrogen) atoms. The van der Waals surface area contributed by atoms with Gasteiger partial charge in [-0.1, -0.05) is 18.2 Å². The summed E-state index contributed by atoms with van der Waals surface area (Å²) in [7, 11) is 0. The maximum atomic E-state index is 12.1. The normalized spacial score (nSPS) is 10.6. The average Bonchev–Trinajstić information content (AvgIpc) is 3.43. The predicted molar refractivity (Wildman–Crippen MR) is 103 cm³/mol. The number of anilines is 1. The van der Waals surface area contributed by atoms with Crippen molar-refractivity contribution in [3.63, 3.8) is 0 Å². The predicted octanol–water partition coefficient (Wildman–Crippen LogP) is 2.23. The Balaban J connectivity index is 1.27. The minimum Gasteiger partial charge on any atom is -0.334 e. The monoisotopic (exact) mass is 374 g/mol. The van der Waals surface area contributed by atoms with Gasteiger partial charge in [-0.15, -0.1) is 0 Å². The topological polar surface area (TPSA) is 103 Å². The van der Waals surface area contributed by atoms with Crippen LogP contribution in [0.2, 0.25) is 0 Å². The molecule has 3 heterocycles. The van der Waals surface area contributed by atoms with Gasteiger partial charge in [0.1, 0.15) is 12.7 Å². The first-order chi connectivity index (χ1) is 13.8. The summed E-state index contributed by atoms with van der Waals surface area (Å²) < 4.78 is 3.41. The highest BCUT2D eigenvalue weighted by Crippen LogP contribution is 2.11. The van der Waals surface area contributed by atoms with Crippen LogP contribution in [0.4, 0.5) is 10.5 Å². The van der Waals surface area contributed by atoms with Crippen LogP contribution in [0.25, 0.3) is 5.82 Å². The summed E-state index contributed by atoms with van der Waals surface area (Å²) in [5.74, 6) is 0.668. The summed E-state index contributed by atoms with van der Waals surface area (Å²) >= 11 is 0. The van der Waals surface area contributed by atoms with Crippen molar-refractivity contribution in [2.45, 2.75) is 13.1 Å². The van der Waals surface area contributed by atoms with Crippen molar-refractivity contribution in [2.24, 2.45) is 0 Å². The third-order valence-electron chi connectivity index (χ3n) is 4.03. The van der Waals surface area contributed by atoms with Gasteiger partial charge in [-0.25, -0.2) is 19.4 Å². The molecule has 0 spiro atoms. The van der Waals surface area contributed by atoms with Gasteiger partial charge in [0, 0.05) is 30.8 Å². The highest BCUT2D eigenvalue weighted by Gasteiger charge is 2.04. The lowest BCUT2D eigenvalue weighted by atomic mass is 10.2. The summed E-state index contributed by atoms with van der Waals surface area (Å²) in [4.78, 5) is 20.3. The Labute approximate surface area is 161 Å². The largest absolute Gasteiger partial charge is 0.334 e. The minimum absolute atomic E-state index is 0.278. The Hall–Kier alpha value is -4.01. The number of carbonyl (C=O) groups excluding carboxylic acids is 1. The number of hydrogen-bond acceptors (Lipinski definition) is 5. The third-order valence-corrected chi connectivity index (χ3v) is 4.03. The number of nitrogens with zero attached hydrogens (tertiary/aromatic N) is 6. The van der Waals surface area contributed by atoms with E-state index in [9.17, 15) is 4.79 Å². The van der Waals surface area contributed by atoms with Crippen molar-refractivity contribution in [1.29, 1.82) is 0 Å². The molecule has 0 bridgehead atoms. The molecular weight excluding hydrogens is 356 g/mol. The van der Waals surface area contributed by atoms with Gasteiger partial charge in [0.15, 0.2) is 5.82 Å². The molecule has 3 aromatic heterocycles. The first-order valence-corrected chi connectivity index (χ1v) is 8.67. The van der Waals surface area contributed by atoms with Crippen LogP contribution in [0.1, 0.15) is 11.1 Å². The van der Waals surface area contributed by atoms with Crippen molar-refractivity contribution in [2.75, 3.05) is 5.32 Å². The van der Waals surface area contributed by atoms with E-state index < -0.39 is 0 Å². The lowest BCUT2D eigenvalue weighted by Gasteiger charge is -2.09. The van der Waals surface area contributed by atoms with Crippen LogP contribution < -0.4 is 10.6 Å². The van der Waals surface area contributed by atoms with Crippen LogP contribution in [-0.2, 0) is 13.1 Å². The molecule has 9 heteroatoms. The van der Waals surface area contributed by atoms with Gasteiger partial charge in [-0.2, -0.15) is 10.2 Å². The lowest BCUT2D eigenvalue weighted by Crippen LogP contribution is -2.28. The molecule has 0 saturated carbocycles. The Morgan fingerprint density at radius 3 is 2.57 bits per heavy atom. The SMILES string of the molecule is O=C(NCc1ccc(-n2cncn2)nc1)Nc1ccc(Cn2cccn2)cc1. The number of hydrogen-bond donors (Lipinski definition) is 2. The highest BCUT2D eigenvalue weighted by atomic mass is 16.2. The average molecular weight is 374 g/mol. The molecule has 2 amide bonds. The number of carbonyl (C=O) groups is 1. The number of nitrogens with one attached hydrogen (secondary N) is 2. The summed E-state index contributed by atoms with van der Waals surface area (Å²) in [6.07, 6.45) is 8.38. The molecule has 0 aliphatic rings. The first-order valence-electron chi connectivity index (χ1n) is 8.67. The third kappa shape index (κ3) is 4.39. The van der Waals surface area contributed by atoms with Gasteiger partial charge in [-0.3, -0.25) is 4.68 Å².